The Morgan fingerprint density at radius 3 is 2.74 bits per heavy atom. The van der Waals surface area contributed by atoms with Crippen LogP contribution in [0, 0.1) is 6.92 Å². The number of carbonyl (C=O) groups is 1. The van der Waals surface area contributed by atoms with E-state index in [1.165, 1.54) is 0 Å². The molecule has 0 aliphatic heterocycles. The van der Waals surface area contributed by atoms with Gasteiger partial charge in [-0.3, -0.25) is 14.8 Å². The molecule has 8 nitrogen and oxygen atoms in total. The highest BCUT2D eigenvalue weighted by molar-refractivity contribution is 6.09. The Bertz CT molecular complexity index is 1670. The molecule has 6 rings (SSSR count). The van der Waals surface area contributed by atoms with Crippen LogP contribution in [0.3, 0.4) is 0 Å². The van der Waals surface area contributed by atoms with E-state index in [0.717, 1.165) is 39.0 Å². The van der Waals surface area contributed by atoms with E-state index in [-0.39, 0.29) is 5.91 Å². The fourth-order valence-corrected chi connectivity index (χ4v) is 4.14. The van der Waals surface area contributed by atoms with Gasteiger partial charge in [-0.15, -0.1) is 0 Å². The molecule has 6 aromatic heterocycles. The van der Waals surface area contributed by atoms with Gasteiger partial charge in [-0.2, -0.15) is 5.10 Å². The fraction of sp³-hybridized carbons (Fsp3) is 0.0385. The Morgan fingerprint density at radius 1 is 0.971 bits per heavy atom. The number of hydrogen-bond donors (Lipinski definition) is 2. The number of pyridine rings is 4. The first-order chi connectivity index (χ1) is 16.7. The van der Waals surface area contributed by atoms with E-state index in [2.05, 4.69) is 36.4 Å². The average Bonchev–Trinajstić information content (AvgIpc) is 3.48. The minimum atomic E-state index is -0.241. The molecule has 0 saturated heterocycles. The maximum Gasteiger partial charge on any atom is 0.259 e. The Morgan fingerprint density at radius 2 is 1.88 bits per heavy atom. The van der Waals surface area contributed by atoms with Crippen molar-refractivity contribution >= 4 is 28.1 Å². The van der Waals surface area contributed by atoms with Crippen LogP contribution in [0.5, 0.6) is 0 Å². The molecular weight excluding hydrogens is 426 g/mol. The number of amides is 1. The van der Waals surface area contributed by atoms with Gasteiger partial charge in [0.1, 0.15) is 5.65 Å². The van der Waals surface area contributed by atoms with E-state index < -0.39 is 0 Å². The van der Waals surface area contributed by atoms with Gasteiger partial charge in [0.05, 0.1) is 29.2 Å². The molecule has 2 N–H and O–H groups in total. The molecule has 0 bridgehead atoms. The number of H-pyrrole nitrogens is 1. The van der Waals surface area contributed by atoms with Gasteiger partial charge in [0.25, 0.3) is 5.91 Å². The number of aryl methyl sites for hydroxylation is 1. The number of fused-ring (bicyclic) bond motifs is 2. The summed E-state index contributed by atoms with van der Waals surface area (Å²) in [5.74, 6) is -0.241. The second kappa shape index (κ2) is 7.93. The third kappa shape index (κ3) is 3.38. The average molecular weight is 445 g/mol. The third-order valence-corrected chi connectivity index (χ3v) is 5.85. The van der Waals surface area contributed by atoms with Crippen molar-refractivity contribution in [2.45, 2.75) is 6.92 Å². The van der Waals surface area contributed by atoms with E-state index >= 15 is 0 Å². The zero-order valence-corrected chi connectivity index (χ0v) is 18.2. The number of anilines is 1. The van der Waals surface area contributed by atoms with Crippen molar-refractivity contribution in [2.24, 2.45) is 0 Å². The van der Waals surface area contributed by atoms with Gasteiger partial charge in [-0.05, 0) is 48.9 Å². The molecule has 6 heterocycles. The Labute approximate surface area is 194 Å². The van der Waals surface area contributed by atoms with Crippen LogP contribution in [0.15, 0.2) is 85.8 Å². The summed E-state index contributed by atoms with van der Waals surface area (Å²) in [4.78, 5) is 29.2. The Hall–Kier alpha value is -4.85. The Kier molecular flexibility index (Phi) is 4.62. The van der Waals surface area contributed by atoms with E-state index in [1.54, 1.807) is 41.4 Å². The summed E-state index contributed by atoms with van der Waals surface area (Å²) in [6.07, 6.45) is 12.3. The lowest BCUT2D eigenvalue weighted by molar-refractivity contribution is 0.102. The number of nitrogens with one attached hydrogen (secondary N) is 2. The minimum absolute atomic E-state index is 0.241. The summed E-state index contributed by atoms with van der Waals surface area (Å²) in [5, 5.41) is 8.21. The topological polar surface area (TPSA) is 101 Å². The minimum Gasteiger partial charge on any atom is -0.346 e. The van der Waals surface area contributed by atoms with Crippen LogP contribution < -0.4 is 5.32 Å². The molecule has 0 spiro atoms. The van der Waals surface area contributed by atoms with Crippen LogP contribution in [0.2, 0.25) is 0 Å². The van der Waals surface area contributed by atoms with Crippen LogP contribution in [0.1, 0.15) is 16.1 Å². The monoisotopic (exact) mass is 445 g/mol. The van der Waals surface area contributed by atoms with Crippen molar-refractivity contribution in [2.75, 3.05) is 5.32 Å². The van der Waals surface area contributed by atoms with E-state index in [9.17, 15) is 4.79 Å². The van der Waals surface area contributed by atoms with Gasteiger partial charge >= 0.3 is 0 Å². The highest BCUT2D eigenvalue weighted by atomic mass is 16.1. The molecule has 0 aliphatic carbocycles. The summed E-state index contributed by atoms with van der Waals surface area (Å²) in [6, 6.07) is 13.6. The highest BCUT2D eigenvalue weighted by Crippen LogP contribution is 2.32. The van der Waals surface area contributed by atoms with Crippen molar-refractivity contribution < 1.29 is 4.79 Å². The SMILES string of the molecule is Cc1ncccc1-c1cnc2[nH]cc(-c3ccn4ncc(C(=O)Nc5cccnc5)c4c3)c2c1. The van der Waals surface area contributed by atoms with Gasteiger partial charge in [-0.25, -0.2) is 9.50 Å². The summed E-state index contributed by atoms with van der Waals surface area (Å²) in [5.41, 5.74) is 7.56. The molecule has 0 atom stereocenters. The molecule has 0 radical (unpaired) electrons. The molecular formula is C26H19N7O. The summed E-state index contributed by atoms with van der Waals surface area (Å²) in [7, 11) is 0. The molecule has 6 aromatic rings. The van der Waals surface area contributed by atoms with Gasteiger partial charge in [0.15, 0.2) is 0 Å². The molecule has 1 amide bonds. The number of nitrogens with zero attached hydrogens (tertiary/aromatic N) is 5. The standard InChI is InChI=1S/C26H19N7O/c1-16-20(5-3-8-28-16)18-10-21-22(14-30-25(21)29-12-18)17-6-9-33-24(11-17)23(15-31-33)26(34)32-19-4-2-7-27-13-19/h2-15H,1H3,(H,29,30)(H,32,34). The van der Waals surface area contributed by atoms with Crippen LogP contribution in [0.25, 0.3) is 38.8 Å². The highest BCUT2D eigenvalue weighted by Gasteiger charge is 2.16. The first-order valence-electron chi connectivity index (χ1n) is 10.8. The van der Waals surface area contributed by atoms with Gasteiger partial charge < -0.3 is 10.3 Å². The lowest BCUT2D eigenvalue weighted by Crippen LogP contribution is -2.11. The van der Waals surface area contributed by atoms with Crippen molar-refractivity contribution in [3.05, 3.63) is 97.1 Å². The van der Waals surface area contributed by atoms with E-state index in [1.807, 2.05) is 49.8 Å². The lowest BCUT2D eigenvalue weighted by Gasteiger charge is -2.07. The third-order valence-electron chi connectivity index (χ3n) is 5.85. The zero-order valence-electron chi connectivity index (χ0n) is 18.2. The maximum absolute atomic E-state index is 12.9. The summed E-state index contributed by atoms with van der Waals surface area (Å²) < 4.78 is 1.69. The first kappa shape index (κ1) is 19.8. The van der Waals surface area contributed by atoms with E-state index in [4.69, 9.17) is 0 Å². The smallest absolute Gasteiger partial charge is 0.259 e. The number of hydrogen-bond acceptors (Lipinski definition) is 5. The summed E-state index contributed by atoms with van der Waals surface area (Å²) >= 11 is 0. The number of aromatic amines is 1. The molecule has 0 fully saturated rings. The van der Waals surface area contributed by atoms with Crippen LogP contribution in [-0.4, -0.2) is 35.5 Å². The molecule has 0 aromatic carbocycles. The predicted molar refractivity (Wildman–Crippen MR) is 130 cm³/mol. The molecule has 0 saturated carbocycles. The predicted octanol–water partition coefficient (Wildman–Crippen LogP) is 4.90. The second-order valence-corrected chi connectivity index (χ2v) is 7.96. The maximum atomic E-state index is 12.9. The largest absolute Gasteiger partial charge is 0.346 e. The first-order valence-corrected chi connectivity index (χ1v) is 10.8. The Balaban J connectivity index is 1.42. The molecule has 8 heteroatoms. The van der Waals surface area contributed by atoms with E-state index in [0.29, 0.717) is 16.8 Å². The molecule has 0 unspecified atom stereocenters. The quantitative estimate of drug-likeness (QED) is 0.402. The van der Waals surface area contributed by atoms with Crippen LogP contribution in [0.4, 0.5) is 5.69 Å². The van der Waals surface area contributed by atoms with Gasteiger partial charge in [0, 0.05) is 58.8 Å². The fourth-order valence-electron chi connectivity index (χ4n) is 4.14. The van der Waals surface area contributed by atoms with Crippen molar-refractivity contribution in [3.8, 4) is 22.3 Å². The van der Waals surface area contributed by atoms with Gasteiger partial charge in [0.2, 0.25) is 0 Å². The second-order valence-electron chi connectivity index (χ2n) is 7.96. The normalized spacial score (nSPS) is 11.2. The lowest BCUT2D eigenvalue weighted by atomic mass is 10.0. The van der Waals surface area contributed by atoms with Crippen molar-refractivity contribution in [1.29, 1.82) is 0 Å². The van der Waals surface area contributed by atoms with Crippen molar-refractivity contribution in [3.63, 3.8) is 0 Å². The summed E-state index contributed by atoms with van der Waals surface area (Å²) in [6.45, 7) is 1.99. The zero-order chi connectivity index (χ0) is 23.1. The molecule has 164 valence electrons. The van der Waals surface area contributed by atoms with Crippen molar-refractivity contribution in [1.82, 2.24) is 29.5 Å². The number of rotatable bonds is 4. The van der Waals surface area contributed by atoms with Crippen LogP contribution in [-0.2, 0) is 0 Å². The number of aromatic nitrogens is 6. The van der Waals surface area contributed by atoms with Crippen LogP contribution >= 0.6 is 0 Å². The number of carbonyl (C=O) groups excluding carboxylic acids is 1. The van der Waals surface area contributed by atoms with Gasteiger partial charge in [-0.1, -0.05) is 6.07 Å². The molecule has 34 heavy (non-hydrogen) atoms. The molecule has 0 aliphatic rings.